The third-order valence-corrected chi connectivity index (χ3v) is 2.75. The molecule has 0 bridgehead atoms. The number of nitriles is 1. The lowest BCUT2D eigenvalue weighted by Crippen LogP contribution is -2.13. The zero-order valence-electron chi connectivity index (χ0n) is 10.5. The second-order valence-corrected chi connectivity index (χ2v) is 4.10. The highest BCUT2D eigenvalue weighted by Crippen LogP contribution is 2.14. The Morgan fingerprint density at radius 3 is 3.10 bits per heavy atom. The summed E-state index contributed by atoms with van der Waals surface area (Å²) in [5.41, 5.74) is 1.25. The van der Waals surface area contributed by atoms with Crippen LogP contribution in [0.15, 0.2) is 31.0 Å². The number of amides is 1. The highest BCUT2D eigenvalue weighted by molar-refractivity contribution is 6.08. The molecule has 8 nitrogen and oxygen atoms in total. The fourth-order valence-electron chi connectivity index (χ4n) is 1.85. The molecule has 0 saturated heterocycles. The van der Waals surface area contributed by atoms with E-state index in [-0.39, 0.29) is 11.7 Å². The summed E-state index contributed by atoms with van der Waals surface area (Å²) in [7, 11) is 1.68. The maximum Gasteiger partial charge on any atom is 0.260 e. The van der Waals surface area contributed by atoms with Crippen molar-refractivity contribution < 1.29 is 4.79 Å². The van der Waals surface area contributed by atoms with Crippen LogP contribution in [0.2, 0.25) is 0 Å². The molecule has 3 heterocycles. The van der Waals surface area contributed by atoms with Gasteiger partial charge in [0.2, 0.25) is 0 Å². The molecule has 1 N–H and O–H groups in total. The maximum absolute atomic E-state index is 12.2. The molecule has 3 aromatic rings. The van der Waals surface area contributed by atoms with Crippen LogP contribution in [0.4, 0.5) is 5.82 Å². The van der Waals surface area contributed by atoms with Crippen LogP contribution in [0.3, 0.4) is 0 Å². The maximum atomic E-state index is 12.2. The standard InChI is InChI=1S/C12H9N7O/c1-18-7-8(4-13)11(17-18)16-12(20)9-5-15-19-3-2-14-6-10(9)19/h2-3,5-7H,1H3,(H,16,17,20). The number of hydrogen-bond acceptors (Lipinski definition) is 5. The van der Waals surface area contributed by atoms with Gasteiger partial charge in [0.1, 0.15) is 11.6 Å². The number of nitrogens with one attached hydrogen (secondary N) is 1. The molecule has 0 aliphatic heterocycles. The Morgan fingerprint density at radius 1 is 1.45 bits per heavy atom. The lowest BCUT2D eigenvalue weighted by atomic mass is 10.2. The SMILES string of the molecule is Cn1cc(C#N)c(NC(=O)c2cnn3ccncc23)n1. The number of nitrogens with zero attached hydrogens (tertiary/aromatic N) is 6. The van der Waals surface area contributed by atoms with E-state index in [2.05, 4.69) is 20.5 Å². The molecule has 0 aliphatic rings. The van der Waals surface area contributed by atoms with Gasteiger partial charge in [-0.15, -0.1) is 0 Å². The van der Waals surface area contributed by atoms with Crippen LogP contribution < -0.4 is 5.32 Å². The van der Waals surface area contributed by atoms with Crippen molar-refractivity contribution in [3.8, 4) is 6.07 Å². The van der Waals surface area contributed by atoms with Crippen molar-refractivity contribution in [3.05, 3.63) is 42.1 Å². The Labute approximate surface area is 113 Å². The largest absolute Gasteiger partial charge is 0.304 e. The van der Waals surface area contributed by atoms with E-state index in [4.69, 9.17) is 5.26 Å². The molecule has 0 aliphatic carbocycles. The van der Waals surface area contributed by atoms with E-state index in [0.29, 0.717) is 16.6 Å². The normalized spacial score (nSPS) is 10.4. The summed E-state index contributed by atoms with van der Waals surface area (Å²) in [6.07, 6.45) is 7.75. The van der Waals surface area contributed by atoms with Gasteiger partial charge in [-0.3, -0.25) is 14.5 Å². The smallest absolute Gasteiger partial charge is 0.260 e. The number of aryl methyl sites for hydroxylation is 1. The Kier molecular flexibility index (Phi) is 2.65. The van der Waals surface area contributed by atoms with Crippen molar-refractivity contribution in [3.63, 3.8) is 0 Å². The van der Waals surface area contributed by atoms with E-state index in [1.807, 2.05) is 6.07 Å². The summed E-state index contributed by atoms with van der Waals surface area (Å²) >= 11 is 0. The molecular weight excluding hydrogens is 258 g/mol. The van der Waals surface area contributed by atoms with E-state index in [1.165, 1.54) is 17.1 Å². The molecule has 20 heavy (non-hydrogen) atoms. The molecule has 1 amide bonds. The van der Waals surface area contributed by atoms with Crippen LogP contribution in [0.1, 0.15) is 15.9 Å². The van der Waals surface area contributed by atoms with Gasteiger partial charge in [0.05, 0.1) is 23.5 Å². The van der Waals surface area contributed by atoms with Crippen molar-refractivity contribution >= 4 is 17.2 Å². The summed E-state index contributed by atoms with van der Waals surface area (Å²) in [6.45, 7) is 0. The lowest BCUT2D eigenvalue weighted by Gasteiger charge is -2.00. The molecule has 0 fully saturated rings. The van der Waals surface area contributed by atoms with Crippen molar-refractivity contribution in [2.24, 2.45) is 7.05 Å². The number of anilines is 1. The monoisotopic (exact) mass is 267 g/mol. The Hall–Kier alpha value is -3.21. The minimum absolute atomic E-state index is 0.225. The predicted molar refractivity (Wildman–Crippen MR) is 68.9 cm³/mol. The van der Waals surface area contributed by atoms with E-state index in [1.54, 1.807) is 30.2 Å². The van der Waals surface area contributed by atoms with Gasteiger partial charge in [-0.2, -0.15) is 15.5 Å². The molecule has 8 heteroatoms. The van der Waals surface area contributed by atoms with Crippen LogP contribution >= 0.6 is 0 Å². The molecule has 0 unspecified atom stereocenters. The number of hydrogen-bond donors (Lipinski definition) is 1. The Morgan fingerprint density at radius 2 is 2.30 bits per heavy atom. The van der Waals surface area contributed by atoms with Gasteiger partial charge in [-0.25, -0.2) is 4.52 Å². The Bertz CT molecular complexity index is 839. The summed E-state index contributed by atoms with van der Waals surface area (Å²) in [4.78, 5) is 16.2. The summed E-state index contributed by atoms with van der Waals surface area (Å²) in [5, 5.41) is 19.7. The van der Waals surface area contributed by atoms with Crippen molar-refractivity contribution in [2.75, 3.05) is 5.32 Å². The highest BCUT2D eigenvalue weighted by Gasteiger charge is 2.16. The topological polar surface area (TPSA) is 101 Å². The van der Waals surface area contributed by atoms with Crippen LogP contribution in [0.5, 0.6) is 0 Å². The average molecular weight is 267 g/mol. The highest BCUT2D eigenvalue weighted by atomic mass is 16.1. The van der Waals surface area contributed by atoms with Gasteiger partial charge in [0.25, 0.3) is 5.91 Å². The van der Waals surface area contributed by atoms with Crippen LogP contribution in [-0.4, -0.2) is 30.3 Å². The van der Waals surface area contributed by atoms with Crippen molar-refractivity contribution in [1.82, 2.24) is 24.4 Å². The summed E-state index contributed by atoms with van der Waals surface area (Å²) in [6, 6.07) is 1.97. The zero-order valence-corrected chi connectivity index (χ0v) is 10.5. The average Bonchev–Trinajstić information content (AvgIpc) is 3.02. The zero-order chi connectivity index (χ0) is 14.1. The van der Waals surface area contributed by atoms with Crippen LogP contribution in [-0.2, 0) is 7.05 Å². The fourth-order valence-corrected chi connectivity index (χ4v) is 1.85. The first-order valence-electron chi connectivity index (χ1n) is 5.71. The van der Waals surface area contributed by atoms with Gasteiger partial charge in [-0.1, -0.05) is 0 Å². The van der Waals surface area contributed by atoms with Gasteiger partial charge in [0, 0.05) is 25.6 Å². The number of aromatic nitrogens is 5. The predicted octanol–water partition coefficient (Wildman–Crippen LogP) is 0.587. The number of rotatable bonds is 2. The first kappa shape index (κ1) is 11.9. The van der Waals surface area contributed by atoms with E-state index >= 15 is 0 Å². The summed E-state index contributed by atoms with van der Waals surface area (Å²) in [5.74, 6) is -0.161. The molecule has 98 valence electrons. The van der Waals surface area contributed by atoms with Crippen LogP contribution in [0.25, 0.3) is 5.52 Å². The molecule has 0 radical (unpaired) electrons. The second kappa shape index (κ2) is 4.47. The molecular formula is C12H9N7O. The quantitative estimate of drug-likeness (QED) is 0.732. The number of carbonyl (C=O) groups is 1. The molecule has 3 rings (SSSR count). The van der Waals surface area contributed by atoms with Gasteiger partial charge in [-0.05, 0) is 0 Å². The third-order valence-electron chi connectivity index (χ3n) is 2.75. The lowest BCUT2D eigenvalue weighted by molar-refractivity contribution is 0.102. The summed E-state index contributed by atoms with van der Waals surface area (Å²) < 4.78 is 3.01. The molecule has 0 saturated carbocycles. The third kappa shape index (κ3) is 1.87. The van der Waals surface area contributed by atoms with Gasteiger partial charge in [0.15, 0.2) is 5.82 Å². The minimum Gasteiger partial charge on any atom is -0.304 e. The first-order chi connectivity index (χ1) is 9.69. The molecule has 0 spiro atoms. The van der Waals surface area contributed by atoms with Crippen molar-refractivity contribution in [1.29, 1.82) is 5.26 Å². The van der Waals surface area contributed by atoms with E-state index in [0.717, 1.165) is 0 Å². The van der Waals surface area contributed by atoms with Gasteiger partial charge < -0.3 is 5.32 Å². The number of carbonyl (C=O) groups excluding carboxylic acids is 1. The Balaban J connectivity index is 1.95. The fraction of sp³-hybridized carbons (Fsp3) is 0.0833. The van der Waals surface area contributed by atoms with Crippen LogP contribution in [0, 0.1) is 11.3 Å². The minimum atomic E-state index is -0.386. The number of fused-ring (bicyclic) bond motifs is 1. The molecule has 3 aromatic heterocycles. The first-order valence-corrected chi connectivity index (χ1v) is 5.71. The van der Waals surface area contributed by atoms with E-state index < -0.39 is 0 Å². The van der Waals surface area contributed by atoms with Crippen molar-refractivity contribution in [2.45, 2.75) is 0 Å². The molecule has 0 atom stereocenters. The molecule has 0 aromatic carbocycles. The second-order valence-electron chi connectivity index (χ2n) is 4.10. The van der Waals surface area contributed by atoms with E-state index in [9.17, 15) is 4.79 Å². The van der Waals surface area contributed by atoms with Gasteiger partial charge >= 0.3 is 0 Å².